The van der Waals surface area contributed by atoms with Crippen molar-refractivity contribution in [1.29, 1.82) is 0 Å². The minimum absolute atomic E-state index is 0.0149. The first-order chi connectivity index (χ1) is 12.9. The van der Waals surface area contributed by atoms with E-state index in [0.29, 0.717) is 5.13 Å². The van der Waals surface area contributed by atoms with Gasteiger partial charge in [-0.3, -0.25) is 15.0 Å². The second kappa shape index (κ2) is 8.85. The number of anilines is 1. The molecule has 0 bridgehead atoms. The topological polar surface area (TPSA) is 54.5 Å². The number of carbonyl (C=O) groups excluding carboxylic acids is 1. The van der Waals surface area contributed by atoms with Gasteiger partial charge in [-0.1, -0.05) is 19.9 Å². The molecular formula is C21H29N3O2S. The SMILES string of the molecule is Cc1cc(C)cc(OCC(=O)Nc2nc(CN3C[C@@H](C)C[C@H](C)C3)cs2)c1. The van der Waals surface area contributed by atoms with Gasteiger partial charge in [0.2, 0.25) is 0 Å². The smallest absolute Gasteiger partial charge is 0.264 e. The van der Waals surface area contributed by atoms with Gasteiger partial charge in [0.15, 0.2) is 11.7 Å². The predicted molar refractivity (Wildman–Crippen MR) is 110 cm³/mol. The summed E-state index contributed by atoms with van der Waals surface area (Å²) < 4.78 is 5.61. The van der Waals surface area contributed by atoms with Crippen molar-refractivity contribution in [2.24, 2.45) is 11.8 Å². The van der Waals surface area contributed by atoms with Crippen molar-refractivity contribution in [3.63, 3.8) is 0 Å². The summed E-state index contributed by atoms with van der Waals surface area (Å²) in [5, 5.41) is 5.51. The minimum Gasteiger partial charge on any atom is -0.484 e. The molecule has 2 atom stereocenters. The lowest BCUT2D eigenvalue weighted by Crippen LogP contribution is -2.38. The number of aryl methyl sites for hydroxylation is 2. The van der Waals surface area contributed by atoms with E-state index in [1.807, 2.05) is 31.4 Å². The van der Waals surface area contributed by atoms with E-state index in [1.165, 1.54) is 17.8 Å². The largest absolute Gasteiger partial charge is 0.484 e. The summed E-state index contributed by atoms with van der Waals surface area (Å²) in [7, 11) is 0. The maximum Gasteiger partial charge on any atom is 0.264 e. The van der Waals surface area contributed by atoms with Crippen LogP contribution in [0.2, 0.25) is 0 Å². The number of amides is 1. The Morgan fingerprint density at radius 2 is 1.89 bits per heavy atom. The fourth-order valence-corrected chi connectivity index (χ4v) is 4.63. The summed E-state index contributed by atoms with van der Waals surface area (Å²) in [4.78, 5) is 19.2. The molecule has 1 aromatic carbocycles. The minimum atomic E-state index is -0.185. The van der Waals surface area contributed by atoms with Crippen molar-refractivity contribution in [3.8, 4) is 5.75 Å². The summed E-state index contributed by atoms with van der Waals surface area (Å²) >= 11 is 1.47. The number of ether oxygens (including phenoxy) is 1. The first-order valence-corrected chi connectivity index (χ1v) is 10.4. The molecule has 1 N–H and O–H groups in total. The molecule has 1 amide bonds. The standard InChI is InChI=1S/C21H29N3O2S/c1-14-5-15(2)8-19(7-14)26-12-20(25)23-21-22-18(13-27-21)11-24-9-16(3)6-17(4)10-24/h5,7-8,13,16-17H,6,9-12H2,1-4H3,(H,22,23,25)/t16-,17-/m0/s1. The molecule has 5 nitrogen and oxygen atoms in total. The van der Waals surface area contributed by atoms with Crippen LogP contribution < -0.4 is 10.1 Å². The zero-order valence-corrected chi connectivity index (χ0v) is 17.4. The highest BCUT2D eigenvalue weighted by Crippen LogP contribution is 2.24. The van der Waals surface area contributed by atoms with Gasteiger partial charge < -0.3 is 4.74 Å². The Kier molecular flexibility index (Phi) is 6.50. The fourth-order valence-electron chi connectivity index (χ4n) is 3.91. The summed E-state index contributed by atoms with van der Waals surface area (Å²) in [6.07, 6.45) is 1.30. The molecule has 146 valence electrons. The van der Waals surface area contributed by atoms with E-state index in [2.05, 4.69) is 35.1 Å². The van der Waals surface area contributed by atoms with Crippen LogP contribution in [0.4, 0.5) is 5.13 Å². The van der Waals surface area contributed by atoms with Crippen LogP contribution in [0.25, 0.3) is 0 Å². The van der Waals surface area contributed by atoms with Gasteiger partial charge >= 0.3 is 0 Å². The van der Waals surface area contributed by atoms with Gasteiger partial charge in [0.1, 0.15) is 5.75 Å². The number of thiazole rings is 1. The van der Waals surface area contributed by atoms with Crippen molar-refractivity contribution in [2.45, 2.75) is 40.7 Å². The van der Waals surface area contributed by atoms with Crippen LogP contribution in [0.15, 0.2) is 23.6 Å². The summed E-state index contributed by atoms with van der Waals surface area (Å²) in [5.41, 5.74) is 3.26. The van der Waals surface area contributed by atoms with E-state index < -0.39 is 0 Å². The number of nitrogens with one attached hydrogen (secondary N) is 1. The Morgan fingerprint density at radius 3 is 2.56 bits per heavy atom. The third-order valence-corrected chi connectivity index (χ3v) is 5.50. The molecule has 1 fully saturated rings. The highest BCUT2D eigenvalue weighted by Gasteiger charge is 2.22. The van der Waals surface area contributed by atoms with Crippen molar-refractivity contribution >= 4 is 22.4 Å². The van der Waals surface area contributed by atoms with Crippen LogP contribution in [0.3, 0.4) is 0 Å². The van der Waals surface area contributed by atoms with Crippen LogP contribution in [0, 0.1) is 25.7 Å². The molecule has 0 unspecified atom stereocenters. The Morgan fingerprint density at radius 1 is 1.22 bits per heavy atom. The highest BCUT2D eigenvalue weighted by molar-refractivity contribution is 7.13. The van der Waals surface area contributed by atoms with Gasteiger partial charge in [-0.25, -0.2) is 4.98 Å². The predicted octanol–water partition coefficient (Wildman–Crippen LogP) is 4.26. The van der Waals surface area contributed by atoms with E-state index in [1.54, 1.807) is 0 Å². The van der Waals surface area contributed by atoms with Crippen LogP contribution in [0.1, 0.15) is 37.1 Å². The summed E-state index contributed by atoms with van der Waals surface area (Å²) in [5.74, 6) is 1.99. The van der Waals surface area contributed by atoms with E-state index in [4.69, 9.17) is 4.74 Å². The molecule has 1 aliphatic heterocycles. The first-order valence-electron chi connectivity index (χ1n) is 9.55. The molecular weight excluding hydrogens is 358 g/mol. The monoisotopic (exact) mass is 387 g/mol. The number of hydrogen-bond acceptors (Lipinski definition) is 5. The summed E-state index contributed by atoms with van der Waals surface area (Å²) in [6.45, 7) is 11.7. The van der Waals surface area contributed by atoms with Crippen LogP contribution in [-0.4, -0.2) is 35.5 Å². The average molecular weight is 388 g/mol. The zero-order valence-electron chi connectivity index (χ0n) is 16.6. The Hall–Kier alpha value is -1.92. The molecule has 0 aliphatic carbocycles. The number of rotatable bonds is 6. The quantitative estimate of drug-likeness (QED) is 0.805. The number of aromatic nitrogens is 1. The highest BCUT2D eigenvalue weighted by atomic mass is 32.1. The Labute approximate surface area is 165 Å². The molecule has 6 heteroatoms. The average Bonchev–Trinajstić information content (AvgIpc) is 2.98. The molecule has 3 rings (SSSR count). The number of likely N-dealkylation sites (tertiary alicyclic amines) is 1. The van der Waals surface area contributed by atoms with Crippen molar-refractivity contribution < 1.29 is 9.53 Å². The van der Waals surface area contributed by atoms with Crippen molar-refractivity contribution in [2.75, 3.05) is 25.0 Å². The third kappa shape index (κ3) is 6.04. The zero-order chi connectivity index (χ0) is 19.4. The molecule has 1 saturated heterocycles. The maximum absolute atomic E-state index is 12.2. The fraction of sp³-hybridized carbons (Fsp3) is 0.524. The molecule has 1 aromatic heterocycles. The lowest BCUT2D eigenvalue weighted by Gasteiger charge is -2.34. The van der Waals surface area contributed by atoms with E-state index in [9.17, 15) is 4.79 Å². The molecule has 0 spiro atoms. The van der Waals surface area contributed by atoms with Crippen LogP contribution in [-0.2, 0) is 11.3 Å². The summed E-state index contributed by atoms with van der Waals surface area (Å²) in [6, 6.07) is 5.94. The van der Waals surface area contributed by atoms with Crippen LogP contribution >= 0.6 is 11.3 Å². The number of piperidine rings is 1. The van der Waals surface area contributed by atoms with Gasteiger partial charge in [0.05, 0.1) is 5.69 Å². The second-order valence-electron chi connectivity index (χ2n) is 7.94. The Bertz CT molecular complexity index is 759. The normalized spacial score (nSPS) is 20.4. The molecule has 2 heterocycles. The number of hydrogen-bond donors (Lipinski definition) is 1. The molecule has 0 radical (unpaired) electrons. The third-order valence-electron chi connectivity index (χ3n) is 4.69. The van der Waals surface area contributed by atoms with Gasteiger partial charge in [-0.2, -0.15) is 0 Å². The number of carbonyl (C=O) groups is 1. The first kappa shape index (κ1) is 19.8. The van der Waals surface area contributed by atoms with E-state index in [-0.39, 0.29) is 12.5 Å². The number of nitrogens with zero attached hydrogens (tertiary/aromatic N) is 2. The van der Waals surface area contributed by atoms with Gasteiger partial charge in [-0.05, 0) is 55.4 Å². The van der Waals surface area contributed by atoms with Crippen molar-refractivity contribution in [1.82, 2.24) is 9.88 Å². The molecule has 0 saturated carbocycles. The van der Waals surface area contributed by atoms with E-state index >= 15 is 0 Å². The van der Waals surface area contributed by atoms with E-state index in [0.717, 1.165) is 54.0 Å². The van der Waals surface area contributed by atoms with Crippen LogP contribution in [0.5, 0.6) is 5.75 Å². The lowest BCUT2D eigenvalue weighted by molar-refractivity contribution is -0.118. The molecule has 1 aliphatic rings. The molecule has 2 aromatic rings. The number of benzene rings is 1. The lowest BCUT2D eigenvalue weighted by atomic mass is 9.92. The van der Waals surface area contributed by atoms with Gasteiger partial charge in [-0.15, -0.1) is 11.3 Å². The van der Waals surface area contributed by atoms with Gasteiger partial charge in [0.25, 0.3) is 5.91 Å². The second-order valence-corrected chi connectivity index (χ2v) is 8.80. The Balaban J connectivity index is 1.49. The van der Waals surface area contributed by atoms with Gasteiger partial charge in [0, 0.05) is 25.0 Å². The molecule has 27 heavy (non-hydrogen) atoms. The van der Waals surface area contributed by atoms with Crippen molar-refractivity contribution in [3.05, 3.63) is 40.4 Å². The maximum atomic E-state index is 12.2.